The standard InChI is InChI=1S/C12H17N5O4/c1-21-7-8-2-3-16(6-8)12-10(17(19)20)4-9(5-14-12)11(13)15-18/h4-5,8,18H,2-3,6-7H2,1H3,(H2,13,15). The molecule has 0 amide bonds. The van der Waals surface area contributed by atoms with Crippen LogP contribution in [0.2, 0.25) is 0 Å². The maximum absolute atomic E-state index is 11.2. The summed E-state index contributed by atoms with van der Waals surface area (Å²) >= 11 is 0. The first-order valence-electron chi connectivity index (χ1n) is 6.43. The Bertz CT molecular complexity index is 563. The second-order valence-electron chi connectivity index (χ2n) is 4.87. The number of nitrogens with two attached hydrogens (primary N) is 1. The molecule has 1 aliphatic heterocycles. The average Bonchev–Trinajstić information content (AvgIpc) is 2.94. The van der Waals surface area contributed by atoms with E-state index in [2.05, 4.69) is 10.1 Å². The number of oxime groups is 1. The van der Waals surface area contributed by atoms with E-state index in [0.717, 1.165) is 6.42 Å². The lowest BCUT2D eigenvalue weighted by Crippen LogP contribution is -2.24. The lowest BCUT2D eigenvalue weighted by atomic mass is 10.1. The van der Waals surface area contributed by atoms with Gasteiger partial charge in [-0.25, -0.2) is 4.98 Å². The quantitative estimate of drug-likeness (QED) is 0.267. The monoisotopic (exact) mass is 295 g/mol. The van der Waals surface area contributed by atoms with Gasteiger partial charge in [-0.1, -0.05) is 5.16 Å². The summed E-state index contributed by atoms with van der Waals surface area (Å²) in [5, 5.41) is 22.7. The van der Waals surface area contributed by atoms with Crippen molar-refractivity contribution in [3.8, 4) is 0 Å². The van der Waals surface area contributed by atoms with Crippen molar-refractivity contribution in [1.82, 2.24) is 4.98 Å². The molecule has 3 N–H and O–H groups in total. The summed E-state index contributed by atoms with van der Waals surface area (Å²) in [7, 11) is 1.63. The number of methoxy groups -OCH3 is 1. The highest BCUT2D eigenvalue weighted by molar-refractivity contribution is 5.97. The second kappa shape index (κ2) is 6.35. The van der Waals surface area contributed by atoms with Crippen molar-refractivity contribution >= 4 is 17.3 Å². The normalized spacial score (nSPS) is 19.0. The molecule has 1 saturated heterocycles. The zero-order chi connectivity index (χ0) is 15.4. The third-order valence-corrected chi connectivity index (χ3v) is 3.44. The lowest BCUT2D eigenvalue weighted by molar-refractivity contribution is -0.384. The van der Waals surface area contributed by atoms with Crippen LogP contribution < -0.4 is 10.6 Å². The topological polar surface area (TPSA) is 127 Å². The molecule has 2 rings (SSSR count). The van der Waals surface area contributed by atoms with Crippen LogP contribution in [0, 0.1) is 16.0 Å². The van der Waals surface area contributed by atoms with Crippen molar-refractivity contribution in [2.45, 2.75) is 6.42 Å². The summed E-state index contributed by atoms with van der Waals surface area (Å²) in [6.07, 6.45) is 2.26. The summed E-state index contributed by atoms with van der Waals surface area (Å²) in [4.78, 5) is 16.7. The van der Waals surface area contributed by atoms with Crippen molar-refractivity contribution < 1.29 is 14.9 Å². The van der Waals surface area contributed by atoms with Gasteiger partial charge in [0.05, 0.1) is 11.5 Å². The van der Waals surface area contributed by atoms with Gasteiger partial charge in [0.2, 0.25) is 5.82 Å². The first kappa shape index (κ1) is 15.0. The summed E-state index contributed by atoms with van der Waals surface area (Å²) < 4.78 is 5.11. The molecule has 1 fully saturated rings. The summed E-state index contributed by atoms with van der Waals surface area (Å²) in [5.74, 6) is 0.420. The minimum Gasteiger partial charge on any atom is -0.409 e. The lowest BCUT2D eigenvalue weighted by Gasteiger charge is -2.17. The number of pyridine rings is 1. The van der Waals surface area contributed by atoms with Crippen LogP contribution in [0.5, 0.6) is 0 Å². The van der Waals surface area contributed by atoms with E-state index in [1.807, 2.05) is 4.90 Å². The summed E-state index contributed by atoms with van der Waals surface area (Å²) in [5.41, 5.74) is 5.49. The third-order valence-electron chi connectivity index (χ3n) is 3.44. The van der Waals surface area contributed by atoms with Crippen LogP contribution in [-0.2, 0) is 4.74 Å². The first-order chi connectivity index (χ1) is 10.1. The van der Waals surface area contributed by atoms with Gasteiger partial charge in [-0.15, -0.1) is 0 Å². The van der Waals surface area contributed by atoms with Gasteiger partial charge in [0.15, 0.2) is 5.84 Å². The van der Waals surface area contributed by atoms with Crippen LogP contribution >= 0.6 is 0 Å². The predicted octanol–water partition coefficient (Wildman–Crippen LogP) is 0.557. The number of rotatable bonds is 5. The number of nitrogens with zero attached hydrogens (tertiary/aromatic N) is 4. The van der Waals surface area contributed by atoms with Gasteiger partial charge in [-0.05, 0) is 6.42 Å². The molecule has 0 saturated carbocycles. The minimum atomic E-state index is -0.514. The largest absolute Gasteiger partial charge is 0.409 e. The van der Waals surface area contributed by atoms with Crippen molar-refractivity contribution in [2.75, 3.05) is 31.7 Å². The number of amidine groups is 1. The fourth-order valence-corrected chi connectivity index (χ4v) is 2.42. The molecule has 0 bridgehead atoms. The van der Waals surface area contributed by atoms with Gasteiger partial charge in [0.25, 0.3) is 0 Å². The predicted molar refractivity (Wildman–Crippen MR) is 75.6 cm³/mol. The molecule has 1 unspecified atom stereocenters. The van der Waals surface area contributed by atoms with Crippen molar-refractivity contribution in [2.24, 2.45) is 16.8 Å². The molecule has 2 heterocycles. The van der Waals surface area contributed by atoms with E-state index in [1.54, 1.807) is 7.11 Å². The van der Waals surface area contributed by atoms with E-state index < -0.39 is 4.92 Å². The van der Waals surface area contributed by atoms with Gasteiger partial charge < -0.3 is 20.6 Å². The number of hydrogen-bond acceptors (Lipinski definition) is 7. The van der Waals surface area contributed by atoms with E-state index >= 15 is 0 Å². The van der Waals surface area contributed by atoms with Gasteiger partial charge in [-0.3, -0.25) is 10.1 Å². The summed E-state index contributed by atoms with van der Waals surface area (Å²) in [6, 6.07) is 1.26. The van der Waals surface area contributed by atoms with Gasteiger partial charge in [-0.2, -0.15) is 0 Å². The van der Waals surface area contributed by atoms with Crippen LogP contribution in [0.4, 0.5) is 11.5 Å². The smallest absolute Gasteiger partial charge is 0.312 e. The molecule has 1 aliphatic rings. The molecule has 9 heteroatoms. The van der Waals surface area contributed by atoms with E-state index in [4.69, 9.17) is 15.7 Å². The van der Waals surface area contributed by atoms with Crippen LogP contribution in [0.1, 0.15) is 12.0 Å². The molecule has 1 atom stereocenters. The van der Waals surface area contributed by atoms with Gasteiger partial charge >= 0.3 is 5.69 Å². The van der Waals surface area contributed by atoms with Crippen LogP contribution in [0.25, 0.3) is 0 Å². The maximum atomic E-state index is 11.2. The molecule has 21 heavy (non-hydrogen) atoms. The Hall–Kier alpha value is -2.42. The first-order valence-corrected chi connectivity index (χ1v) is 6.43. The Kier molecular flexibility index (Phi) is 4.53. The van der Waals surface area contributed by atoms with E-state index in [1.165, 1.54) is 12.3 Å². The SMILES string of the molecule is COCC1CCN(c2ncc(C(N)=NO)cc2[N+](=O)[O-])C1. The molecule has 0 aliphatic carbocycles. The van der Waals surface area contributed by atoms with Crippen LogP contribution in [0.15, 0.2) is 17.4 Å². The van der Waals surface area contributed by atoms with Crippen LogP contribution in [-0.4, -0.2) is 47.8 Å². The number of anilines is 1. The molecule has 0 spiro atoms. The Morgan fingerprint density at radius 2 is 2.52 bits per heavy atom. The Morgan fingerprint density at radius 1 is 1.76 bits per heavy atom. The summed E-state index contributed by atoms with van der Waals surface area (Å²) in [6.45, 7) is 1.96. The van der Waals surface area contributed by atoms with Gasteiger partial charge in [0, 0.05) is 43.9 Å². The fraction of sp³-hybridized carbons (Fsp3) is 0.500. The van der Waals surface area contributed by atoms with E-state index in [9.17, 15) is 10.1 Å². The maximum Gasteiger partial charge on any atom is 0.312 e. The highest BCUT2D eigenvalue weighted by atomic mass is 16.6. The molecule has 0 aromatic carbocycles. The zero-order valence-electron chi connectivity index (χ0n) is 11.6. The highest BCUT2D eigenvalue weighted by Crippen LogP contribution is 2.30. The second-order valence-corrected chi connectivity index (χ2v) is 4.87. The van der Waals surface area contributed by atoms with E-state index in [0.29, 0.717) is 31.4 Å². The number of nitro groups is 1. The molecular weight excluding hydrogens is 278 g/mol. The average molecular weight is 295 g/mol. The van der Waals surface area contributed by atoms with Gasteiger partial charge in [0.1, 0.15) is 0 Å². The van der Waals surface area contributed by atoms with E-state index in [-0.39, 0.29) is 17.1 Å². The van der Waals surface area contributed by atoms with Crippen LogP contribution in [0.3, 0.4) is 0 Å². The minimum absolute atomic E-state index is 0.155. The highest BCUT2D eigenvalue weighted by Gasteiger charge is 2.29. The molecule has 0 radical (unpaired) electrons. The molecule has 1 aromatic heterocycles. The third kappa shape index (κ3) is 3.19. The fourth-order valence-electron chi connectivity index (χ4n) is 2.42. The van der Waals surface area contributed by atoms with Crippen molar-refractivity contribution in [3.05, 3.63) is 27.9 Å². The number of hydrogen-bond donors (Lipinski definition) is 2. The molecule has 114 valence electrons. The molecular formula is C12H17N5O4. The Balaban J connectivity index is 2.30. The molecule has 1 aromatic rings. The van der Waals surface area contributed by atoms with Crippen molar-refractivity contribution in [1.29, 1.82) is 0 Å². The Labute approximate surface area is 121 Å². The molecule has 9 nitrogen and oxygen atoms in total. The Morgan fingerprint density at radius 3 is 3.14 bits per heavy atom. The van der Waals surface area contributed by atoms with Crippen molar-refractivity contribution in [3.63, 3.8) is 0 Å². The zero-order valence-corrected chi connectivity index (χ0v) is 11.6. The number of ether oxygens (including phenoxy) is 1. The number of aromatic nitrogens is 1.